The Morgan fingerprint density at radius 3 is 2.76 bits per heavy atom. The topological polar surface area (TPSA) is 82.8 Å². The number of benzene rings is 1. The normalized spacial score (nSPS) is 45.8. The van der Waals surface area contributed by atoms with E-state index in [-0.39, 0.29) is 17.3 Å². The fourth-order valence-corrected chi connectivity index (χ4v) is 8.32. The molecular formula is C28H31NO4. The Morgan fingerprint density at radius 2 is 1.88 bits per heavy atom. The van der Waals surface area contributed by atoms with Crippen LogP contribution in [0.5, 0.6) is 0 Å². The Balaban J connectivity index is 1.34. The van der Waals surface area contributed by atoms with Crippen LogP contribution in [-0.4, -0.2) is 49.8 Å². The van der Waals surface area contributed by atoms with Crippen molar-refractivity contribution in [2.45, 2.75) is 80.9 Å². The number of allylic oxidation sites excluding steroid dienone is 1. The van der Waals surface area contributed by atoms with Crippen LogP contribution in [0.25, 0.3) is 10.8 Å². The molecule has 2 saturated carbocycles. The van der Waals surface area contributed by atoms with Gasteiger partial charge in [0.1, 0.15) is 11.7 Å². The molecule has 0 amide bonds. The second-order valence-corrected chi connectivity index (χ2v) is 11.3. The highest BCUT2D eigenvalue weighted by molar-refractivity contribution is 5.82. The van der Waals surface area contributed by atoms with Gasteiger partial charge in [0.25, 0.3) is 0 Å². The molecule has 5 heteroatoms. The van der Waals surface area contributed by atoms with Crippen LogP contribution >= 0.6 is 0 Å². The van der Waals surface area contributed by atoms with Gasteiger partial charge in [-0.05, 0) is 78.2 Å². The number of nitrogens with zero attached hydrogens (tertiary/aromatic N) is 1. The molecule has 172 valence electrons. The Kier molecular flexibility index (Phi) is 4.03. The zero-order valence-corrected chi connectivity index (χ0v) is 18.9. The monoisotopic (exact) mass is 445 g/mol. The molecule has 2 bridgehead atoms. The number of rotatable bonds is 1. The molecule has 1 aromatic carbocycles. The summed E-state index contributed by atoms with van der Waals surface area (Å²) in [5.41, 5.74) is 2.10. The second kappa shape index (κ2) is 6.54. The summed E-state index contributed by atoms with van der Waals surface area (Å²) in [5, 5.41) is 35.2. The predicted molar refractivity (Wildman–Crippen MR) is 125 cm³/mol. The van der Waals surface area contributed by atoms with Crippen molar-refractivity contribution in [3.05, 3.63) is 65.5 Å². The van der Waals surface area contributed by atoms with E-state index in [2.05, 4.69) is 42.3 Å². The molecule has 8 atom stereocenters. The number of hydrogen-bond donors (Lipinski definition) is 3. The van der Waals surface area contributed by atoms with E-state index in [9.17, 15) is 15.3 Å². The van der Waals surface area contributed by atoms with Crippen molar-refractivity contribution in [2.75, 3.05) is 0 Å². The minimum absolute atomic E-state index is 0.00618. The van der Waals surface area contributed by atoms with E-state index in [1.807, 2.05) is 18.5 Å². The fraction of sp³-hybridized carbons (Fsp3) is 0.536. The van der Waals surface area contributed by atoms with Gasteiger partial charge in [0, 0.05) is 29.6 Å². The Morgan fingerprint density at radius 1 is 1.03 bits per heavy atom. The molecule has 0 radical (unpaired) electrons. The van der Waals surface area contributed by atoms with Gasteiger partial charge >= 0.3 is 0 Å². The van der Waals surface area contributed by atoms with Crippen molar-refractivity contribution in [1.29, 1.82) is 0 Å². The van der Waals surface area contributed by atoms with Gasteiger partial charge in [0.2, 0.25) is 0 Å². The number of pyridine rings is 1. The van der Waals surface area contributed by atoms with Crippen LogP contribution in [0.1, 0.15) is 56.9 Å². The second-order valence-electron chi connectivity index (χ2n) is 11.3. The third-order valence-corrected chi connectivity index (χ3v) is 9.86. The minimum atomic E-state index is -0.887. The Labute approximate surface area is 193 Å². The number of aromatic nitrogens is 1. The summed E-state index contributed by atoms with van der Waals surface area (Å²) in [6, 6.07) is 8.51. The number of ether oxygens (including phenoxy) is 1. The summed E-state index contributed by atoms with van der Waals surface area (Å²) in [6.45, 7) is 2.31. The Bertz CT molecular complexity index is 1220. The maximum Gasteiger partial charge on any atom is 0.119 e. The van der Waals surface area contributed by atoms with E-state index in [0.717, 1.165) is 47.6 Å². The van der Waals surface area contributed by atoms with E-state index >= 15 is 0 Å². The number of aliphatic hydroxyl groups is 3. The van der Waals surface area contributed by atoms with E-state index in [0.29, 0.717) is 12.8 Å². The highest BCUT2D eigenvalue weighted by atomic mass is 16.5. The zero-order valence-electron chi connectivity index (χ0n) is 18.9. The van der Waals surface area contributed by atoms with Crippen LogP contribution in [0.3, 0.4) is 0 Å². The third kappa shape index (κ3) is 2.44. The van der Waals surface area contributed by atoms with Crippen molar-refractivity contribution in [2.24, 2.45) is 11.3 Å². The molecule has 3 heterocycles. The minimum Gasteiger partial charge on any atom is -0.392 e. The van der Waals surface area contributed by atoms with Crippen LogP contribution in [0.4, 0.5) is 0 Å². The maximum atomic E-state index is 11.4. The van der Waals surface area contributed by atoms with Gasteiger partial charge in [-0.1, -0.05) is 31.2 Å². The third-order valence-electron chi connectivity index (χ3n) is 9.86. The van der Waals surface area contributed by atoms with Crippen molar-refractivity contribution < 1.29 is 20.1 Å². The average molecular weight is 446 g/mol. The molecule has 2 aliphatic heterocycles. The van der Waals surface area contributed by atoms with Crippen LogP contribution < -0.4 is 0 Å². The lowest BCUT2D eigenvalue weighted by Crippen LogP contribution is -2.59. The summed E-state index contributed by atoms with van der Waals surface area (Å²) in [7, 11) is 0. The van der Waals surface area contributed by atoms with Gasteiger partial charge in [-0.2, -0.15) is 0 Å². The lowest BCUT2D eigenvalue weighted by molar-refractivity contribution is -0.193. The molecule has 2 unspecified atom stereocenters. The maximum absolute atomic E-state index is 11.4. The van der Waals surface area contributed by atoms with Gasteiger partial charge in [0.15, 0.2) is 0 Å². The molecule has 2 aromatic rings. The molecule has 33 heavy (non-hydrogen) atoms. The van der Waals surface area contributed by atoms with E-state index in [1.54, 1.807) is 0 Å². The predicted octanol–water partition coefficient (Wildman–Crippen LogP) is 3.78. The average Bonchev–Trinajstić information content (AvgIpc) is 3.29. The van der Waals surface area contributed by atoms with Gasteiger partial charge in [0.05, 0.1) is 17.8 Å². The summed E-state index contributed by atoms with van der Waals surface area (Å²) in [4.78, 5) is 4.29. The number of hydrogen-bond acceptors (Lipinski definition) is 5. The van der Waals surface area contributed by atoms with Gasteiger partial charge in [-0.25, -0.2) is 0 Å². The quantitative estimate of drug-likeness (QED) is 0.622. The van der Waals surface area contributed by atoms with Gasteiger partial charge in [-0.15, -0.1) is 0 Å². The molecule has 2 spiro atoms. The molecule has 5 aliphatic rings. The van der Waals surface area contributed by atoms with Crippen LogP contribution in [0, 0.1) is 11.3 Å². The fourth-order valence-electron chi connectivity index (χ4n) is 8.32. The summed E-state index contributed by atoms with van der Waals surface area (Å²) in [5.74, 6) is 0.157. The van der Waals surface area contributed by atoms with Crippen LogP contribution in [-0.2, 0) is 4.74 Å². The number of fused-ring (bicyclic) bond motifs is 2. The Hall–Kier alpha value is -2.05. The van der Waals surface area contributed by atoms with E-state index < -0.39 is 29.5 Å². The van der Waals surface area contributed by atoms with Gasteiger partial charge < -0.3 is 20.1 Å². The highest BCUT2D eigenvalue weighted by Crippen LogP contribution is 2.69. The van der Waals surface area contributed by atoms with Crippen molar-refractivity contribution in [3.8, 4) is 0 Å². The first kappa shape index (κ1) is 20.3. The molecule has 7 rings (SSSR count). The molecule has 3 fully saturated rings. The summed E-state index contributed by atoms with van der Waals surface area (Å²) < 4.78 is 6.98. The SMILES string of the molecule is C[C@]12CC=C3C=C4CC[C@@H](O)[C@H](O)[C@]45CCC3(O5)[C@@H]1C[C@@H](O)C2c1ccc2ccncc2c1. The highest BCUT2D eigenvalue weighted by Gasteiger charge is 2.69. The summed E-state index contributed by atoms with van der Waals surface area (Å²) >= 11 is 0. The number of aliphatic hydroxyl groups excluding tert-OH is 3. The van der Waals surface area contributed by atoms with Crippen LogP contribution in [0.15, 0.2) is 60.0 Å². The standard InChI is InChI=1S/C28H31NO4/c1-26-8-6-20-13-19-4-5-21(30)25(32)28(19)10-9-27(20,33-28)23(26)14-22(31)24(26)17-3-2-16-7-11-29-15-18(16)12-17/h2-3,6-7,11-13,15,21-25,30-32H,4-5,8-10,14H2,1H3/t21-,22-,23-,24?,25+,26+,27?,28+/m1/s1. The van der Waals surface area contributed by atoms with E-state index in [4.69, 9.17) is 4.74 Å². The molecule has 3 aliphatic carbocycles. The first-order chi connectivity index (χ1) is 15.9. The molecule has 1 aromatic heterocycles. The van der Waals surface area contributed by atoms with Crippen molar-refractivity contribution in [1.82, 2.24) is 4.98 Å². The molecule has 1 saturated heterocycles. The molecular weight excluding hydrogens is 414 g/mol. The first-order valence-electron chi connectivity index (χ1n) is 12.4. The smallest absolute Gasteiger partial charge is 0.119 e. The molecule has 3 N–H and O–H groups in total. The van der Waals surface area contributed by atoms with Crippen molar-refractivity contribution in [3.63, 3.8) is 0 Å². The van der Waals surface area contributed by atoms with E-state index in [1.165, 1.54) is 5.57 Å². The first-order valence-corrected chi connectivity index (χ1v) is 12.4. The van der Waals surface area contributed by atoms with Gasteiger partial charge in [-0.3, -0.25) is 4.98 Å². The summed E-state index contributed by atoms with van der Waals surface area (Å²) in [6.07, 6.45) is 10.7. The van der Waals surface area contributed by atoms with Crippen molar-refractivity contribution >= 4 is 10.8 Å². The lowest BCUT2D eigenvalue weighted by atomic mass is 9.58. The molecule has 5 nitrogen and oxygen atoms in total. The largest absolute Gasteiger partial charge is 0.392 e. The zero-order chi connectivity index (χ0) is 22.6. The lowest BCUT2D eigenvalue weighted by Gasteiger charge is -2.55. The van der Waals surface area contributed by atoms with Crippen LogP contribution in [0.2, 0.25) is 0 Å².